The first-order valence-corrected chi connectivity index (χ1v) is 10.3. The zero-order chi connectivity index (χ0) is 20.4. The maximum atomic E-state index is 14.9. The summed E-state index contributed by atoms with van der Waals surface area (Å²) in [7, 11) is 0. The molecule has 0 aromatic heterocycles. The summed E-state index contributed by atoms with van der Waals surface area (Å²) in [6.07, 6.45) is 6.50. The second-order valence-electron chi connectivity index (χ2n) is 6.29. The molecule has 0 aliphatic heterocycles. The number of halogens is 2. The number of nitriles is 2. The van der Waals surface area contributed by atoms with E-state index in [0.29, 0.717) is 11.5 Å². The lowest BCUT2D eigenvalue weighted by atomic mass is 10.1. The molecule has 0 saturated heterocycles. The van der Waals surface area contributed by atoms with Crippen molar-refractivity contribution in [3.8, 4) is 23.6 Å². The van der Waals surface area contributed by atoms with Crippen LogP contribution in [-0.2, 0) is 0 Å². The molecule has 2 aromatic rings. The summed E-state index contributed by atoms with van der Waals surface area (Å²) in [5, 5.41) is 18.4. The normalized spacial score (nSPS) is 10.3. The van der Waals surface area contributed by atoms with Gasteiger partial charge in [-0.05, 0) is 24.3 Å². The minimum atomic E-state index is -1.00. The monoisotopic (exact) mass is 400 g/mol. The van der Waals surface area contributed by atoms with Gasteiger partial charge in [-0.2, -0.15) is 10.5 Å². The quantitative estimate of drug-likeness (QED) is 0.320. The molecule has 28 heavy (non-hydrogen) atoms. The standard InChI is InChI=1S/C22H22F2N2OS/c1-2-3-4-5-6-10-13-28-22-20(24)18(15-26)17(14-25)19(23)21(22)27-16-11-8-7-9-12-16/h7-9,11-12H,2-6,10,13H2,1H3. The number of nitrogens with zero attached hydrogens (tertiary/aromatic N) is 2. The Labute approximate surface area is 168 Å². The molecule has 0 fully saturated rings. The van der Waals surface area contributed by atoms with E-state index < -0.39 is 22.8 Å². The molecule has 0 atom stereocenters. The Kier molecular flexibility index (Phi) is 8.78. The minimum Gasteiger partial charge on any atom is -0.453 e. The van der Waals surface area contributed by atoms with E-state index in [0.717, 1.165) is 31.0 Å². The van der Waals surface area contributed by atoms with E-state index >= 15 is 0 Å². The number of rotatable bonds is 10. The average molecular weight is 400 g/mol. The fourth-order valence-electron chi connectivity index (χ4n) is 2.74. The number of hydrogen-bond acceptors (Lipinski definition) is 4. The molecule has 0 spiro atoms. The lowest BCUT2D eigenvalue weighted by Crippen LogP contribution is -2.03. The summed E-state index contributed by atoms with van der Waals surface area (Å²) in [6, 6.07) is 11.6. The van der Waals surface area contributed by atoms with Gasteiger partial charge in [-0.1, -0.05) is 57.2 Å². The second kappa shape index (κ2) is 11.3. The molecule has 0 aliphatic rings. The van der Waals surface area contributed by atoms with Crippen LogP contribution in [0, 0.1) is 34.3 Å². The fourth-order valence-corrected chi connectivity index (χ4v) is 3.78. The van der Waals surface area contributed by atoms with Crippen LogP contribution in [0.2, 0.25) is 0 Å². The Balaban J connectivity index is 2.27. The Morgan fingerprint density at radius 2 is 1.50 bits per heavy atom. The van der Waals surface area contributed by atoms with E-state index in [1.165, 1.54) is 19.3 Å². The molecule has 0 amide bonds. The first-order chi connectivity index (χ1) is 13.6. The second-order valence-corrected chi connectivity index (χ2v) is 7.40. The summed E-state index contributed by atoms with van der Waals surface area (Å²) < 4.78 is 35.4. The largest absolute Gasteiger partial charge is 0.453 e. The maximum absolute atomic E-state index is 14.9. The first kappa shape index (κ1) is 21.7. The number of unbranched alkanes of at least 4 members (excludes halogenated alkanes) is 5. The van der Waals surface area contributed by atoms with Crippen molar-refractivity contribution in [2.75, 3.05) is 5.75 Å². The first-order valence-electron chi connectivity index (χ1n) is 9.34. The van der Waals surface area contributed by atoms with Crippen LogP contribution in [0.25, 0.3) is 0 Å². The summed E-state index contributed by atoms with van der Waals surface area (Å²) in [5.41, 5.74) is -1.21. The SMILES string of the molecule is CCCCCCCCSc1c(F)c(C#N)c(C#N)c(F)c1Oc1ccccc1. The van der Waals surface area contributed by atoms with Crippen molar-refractivity contribution in [2.45, 2.75) is 50.3 Å². The third-order valence-corrected chi connectivity index (χ3v) is 5.37. The van der Waals surface area contributed by atoms with Crippen LogP contribution < -0.4 is 4.74 Å². The van der Waals surface area contributed by atoms with Crippen LogP contribution in [0.3, 0.4) is 0 Å². The summed E-state index contributed by atoms with van der Waals surface area (Å²) >= 11 is 1.12. The number of hydrogen-bond donors (Lipinski definition) is 0. The van der Waals surface area contributed by atoms with Gasteiger partial charge in [-0.15, -0.1) is 11.8 Å². The smallest absolute Gasteiger partial charge is 0.186 e. The Bertz CT molecular complexity index is 873. The molecule has 0 radical (unpaired) electrons. The molecule has 146 valence electrons. The molecular weight excluding hydrogens is 378 g/mol. The van der Waals surface area contributed by atoms with Gasteiger partial charge in [0.05, 0.1) is 4.90 Å². The fraction of sp³-hybridized carbons (Fsp3) is 0.364. The van der Waals surface area contributed by atoms with Crippen LogP contribution in [0.4, 0.5) is 8.78 Å². The highest BCUT2D eigenvalue weighted by Gasteiger charge is 2.26. The summed E-state index contributed by atoms with van der Waals surface area (Å²) in [4.78, 5) is -0.0644. The molecule has 2 rings (SSSR count). The minimum absolute atomic E-state index is 0.0644. The van der Waals surface area contributed by atoms with Crippen molar-refractivity contribution in [2.24, 2.45) is 0 Å². The van der Waals surface area contributed by atoms with Crippen LogP contribution >= 0.6 is 11.8 Å². The zero-order valence-corrected chi connectivity index (χ0v) is 16.6. The molecule has 0 aliphatic carbocycles. The van der Waals surface area contributed by atoms with E-state index in [1.54, 1.807) is 42.5 Å². The molecule has 0 saturated carbocycles. The van der Waals surface area contributed by atoms with Gasteiger partial charge in [0.2, 0.25) is 0 Å². The molecule has 0 heterocycles. The van der Waals surface area contributed by atoms with Gasteiger partial charge < -0.3 is 4.74 Å². The Hall–Kier alpha value is -2.57. The lowest BCUT2D eigenvalue weighted by Gasteiger charge is -2.15. The predicted octanol–water partition coefficient (Wildman–Crippen LogP) is 6.95. The number of benzene rings is 2. The van der Waals surface area contributed by atoms with E-state index in [-0.39, 0.29) is 10.6 Å². The lowest BCUT2D eigenvalue weighted by molar-refractivity contribution is 0.418. The van der Waals surface area contributed by atoms with Gasteiger partial charge in [-0.3, -0.25) is 0 Å². The number of ether oxygens (including phenoxy) is 1. The van der Waals surface area contributed by atoms with E-state index in [2.05, 4.69) is 6.92 Å². The van der Waals surface area contributed by atoms with Crippen molar-refractivity contribution in [1.29, 1.82) is 10.5 Å². The molecule has 0 unspecified atom stereocenters. The molecule has 2 aromatic carbocycles. The summed E-state index contributed by atoms with van der Waals surface area (Å²) in [5.74, 6) is -1.34. The molecule has 3 nitrogen and oxygen atoms in total. The van der Waals surface area contributed by atoms with Gasteiger partial charge in [-0.25, -0.2) is 8.78 Å². The van der Waals surface area contributed by atoms with Crippen LogP contribution in [0.5, 0.6) is 11.5 Å². The van der Waals surface area contributed by atoms with Crippen LogP contribution in [0.1, 0.15) is 56.6 Å². The van der Waals surface area contributed by atoms with E-state index in [4.69, 9.17) is 4.74 Å². The predicted molar refractivity (Wildman–Crippen MR) is 106 cm³/mol. The number of para-hydroxylation sites is 1. The topological polar surface area (TPSA) is 56.8 Å². The Morgan fingerprint density at radius 1 is 0.893 bits per heavy atom. The van der Waals surface area contributed by atoms with Crippen LogP contribution in [-0.4, -0.2) is 5.75 Å². The van der Waals surface area contributed by atoms with Crippen molar-refractivity contribution >= 4 is 11.8 Å². The molecule has 0 N–H and O–H groups in total. The van der Waals surface area contributed by atoms with Gasteiger partial charge >= 0.3 is 0 Å². The van der Waals surface area contributed by atoms with Gasteiger partial charge in [0.25, 0.3) is 0 Å². The van der Waals surface area contributed by atoms with Gasteiger partial charge in [0.15, 0.2) is 17.4 Å². The molecule has 0 bridgehead atoms. The molecule has 6 heteroatoms. The van der Waals surface area contributed by atoms with Crippen molar-refractivity contribution in [3.63, 3.8) is 0 Å². The van der Waals surface area contributed by atoms with Crippen LogP contribution in [0.15, 0.2) is 35.2 Å². The maximum Gasteiger partial charge on any atom is 0.186 e. The van der Waals surface area contributed by atoms with Crippen molar-refractivity contribution in [3.05, 3.63) is 53.1 Å². The third-order valence-electron chi connectivity index (χ3n) is 4.22. The highest BCUT2D eigenvalue weighted by Crippen LogP contribution is 2.41. The summed E-state index contributed by atoms with van der Waals surface area (Å²) in [6.45, 7) is 2.15. The third kappa shape index (κ3) is 5.47. The van der Waals surface area contributed by atoms with Crippen molar-refractivity contribution < 1.29 is 13.5 Å². The zero-order valence-electron chi connectivity index (χ0n) is 15.8. The molecular formula is C22H22F2N2OS. The number of thioether (sulfide) groups is 1. The Morgan fingerprint density at radius 3 is 2.14 bits per heavy atom. The van der Waals surface area contributed by atoms with Crippen molar-refractivity contribution in [1.82, 2.24) is 0 Å². The van der Waals surface area contributed by atoms with Gasteiger partial charge in [0, 0.05) is 0 Å². The van der Waals surface area contributed by atoms with E-state index in [9.17, 15) is 19.3 Å². The van der Waals surface area contributed by atoms with Gasteiger partial charge in [0.1, 0.15) is 29.0 Å². The van der Waals surface area contributed by atoms with E-state index in [1.807, 2.05) is 0 Å². The highest BCUT2D eigenvalue weighted by atomic mass is 32.2. The highest BCUT2D eigenvalue weighted by molar-refractivity contribution is 7.99. The average Bonchev–Trinajstić information content (AvgIpc) is 2.72.